The molecule has 0 fully saturated rings. The minimum Gasteiger partial charge on any atom is -0.375 e. The van der Waals surface area contributed by atoms with Crippen molar-refractivity contribution in [3.63, 3.8) is 0 Å². The molecule has 24 heavy (non-hydrogen) atoms. The van der Waals surface area contributed by atoms with Crippen molar-refractivity contribution in [1.29, 1.82) is 0 Å². The molecule has 128 valence electrons. The summed E-state index contributed by atoms with van der Waals surface area (Å²) in [7, 11) is 2.03. The van der Waals surface area contributed by atoms with E-state index >= 15 is 0 Å². The number of thiophene rings is 1. The quantitative estimate of drug-likeness (QED) is 0.712. The Balaban J connectivity index is 1.89. The van der Waals surface area contributed by atoms with Crippen molar-refractivity contribution < 1.29 is 9.59 Å². The number of nitrogens with one attached hydrogen (secondary N) is 2. The molecule has 0 saturated heterocycles. The molecular weight excluding hydrogens is 390 g/mol. The second kappa shape index (κ2) is 8.84. The van der Waals surface area contributed by atoms with Crippen LogP contribution in [0.2, 0.25) is 0 Å². The zero-order chi connectivity index (χ0) is 17.5. The van der Waals surface area contributed by atoms with Crippen LogP contribution < -0.4 is 15.8 Å². The van der Waals surface area contributed by atoms with E-state index in [-0.39, 0.29) is 11.8 Å². The van der Waals surface area contributed by atoms with Gasteiger partial charge in [-0.15, -0.1) is 11.3 Å². The predicted molar refractivity (Wildman–Crippen MR) is 102 cm³/mol. The van der Waals surface area contributed by atoms with Crippen LogP contribution in [-0.4, -0.2) is 25.4 Å². The van der Waals surface area contributed by atoms with Gasteiger partial charge in [-0.3, -0.25) is 20.4 Å². The molecule has 0 atom stereocenters. The smallest absolute Gasteiger partial charge is 0.279 e. The summed E-state index contributed by atoms with van der Waals surface area (Å²) in [5.74, 6) is -0.684. The average Bonchev–Trinajstić information content (AvgIpc) is 3.04. The van der Waals surface area contributed by atoms with Gasteiger partial charge in [-0.05, 0) is 58.7 Å². The topological polar surface area (TPSA) is 61.4 Å². The number of carbonyl (C=O) groups is 2. The number of hydrogen-bond acceptors (Lipinski definition) is 4. The van der Waals surface area contributed by atoms with E-state index in [1.165, 1.54) is 11.3 Å². The van der Waals surface area contributed by atoms with E-state index in [0.717, 1.165) is 28.9 Å². The van der Waals surface area contributed by atoms with E-state index in [4.69, 9.17) is 0 Å². The van der Waals surface area contributed by atoms with Crippen LogP contribution in [0.1, 0.15) is 39.8 Å². The predicted octanol–water partition coefficient (Wildman–Crippen LogP) is 3.82. The van der Waals surface area contributed by atoms with Gasteiger partial charge in [0.25, 0.3) is 11.8 Å². The molecule has 0 unspecified atom stereocenters. The van der Waals surface area contributed by atoms with Gasteiger partial charge in [-0.25, -0.2) is 0 Å². The van der Waals surface area contributed by atoms with Crippen molar-refractivity contribution in [3.8, 4) is 0 Å². The van der Waals surface area contributed by atoms with E-state index in [1.54, 1.807) is 24.3 Å². The van der Waals surface area contributed by atoms with Crippen LogP contribution in [0.4, 0.5) is 5.69 Å². The van der Waals surface area contributed by atoms with Gasteiger partial charge in [-0.1, -0.05) is 13.3 Å². The van der Waals surface area contributed by atoms with Gasteiger partial charge in [0.2, 0.25) is 0 Å². The highest BCUT2D eigenvalue weighted by atomic mass is 79.9. The van der Waals surface area contributed by atoms with Crippen LogP contribution in [0.5, 0.6) is 0 Å². The Morgan fingerprint density at radius 2 is 1.75 bits per heavy atom. The third-order valence-corrected chi connectivity index (χ3v) is 5.13. The molecule has 0 aliphatic rings. The van der Waals surface area contributed by atoms with Gasteiger partial charge in [0, 0.05) is 24.8 Å². The summed E-state index contributed by atoms with van der Waals surface area (Å²) in [6, 6.07) is 10.8. The standard InChI is InChI=1S/C17H20BrN3O2S/c1-3-4-11-21(2)13-7-5-12(6-8-13)16(22)19-20-17(23)14-9-10-15(18)24-14/h5-10H,3-4,11H2,1-2H3,(H,19,22)(H,20,23). The molecule has 7 heteroatoms. The molecule has 1 aromatic heterocycles. The maximum Gasteiger partial charge on any atom is 0.279 e. The van der Waals surface area contributed by atoms with Gasteiger partial charge < -0.3 is 4.90 Å². The van der Waals surface area contributed by atoms with Gasteiger partial charge >= 0.3 is 0 Å². The Hall–Kier alpha value is -1.86. The Morgan fingerprint density at radius 3 is 2.33 bits per heavy atom. The van der Waals surface area contributed by atoms with Crippen molar-refractivity contribution in [2.45, 2.75) is 19.8 Å². The van der Waals surface area contributed by atoms with Crippen molar-refractivity contribution in [2.75, 3.05) is 18.5 Å². The summed E-state index contributed by atoms with van der Waals surface area (Å²) >= 11 is 4.60. The number of carbonyl (C=O) groups excluding carboxylic acids is 2. The fourth-order valence-corrected chi connectivity index (χ4v) is 3.36. The number of rotatable bonds is 6. The number of hydrazine groups is 1. The number of amides is 2. The van der Waals surface area contributed by atoms with Crippen LogP contribution in [-0.2, 0) is 0 Å². The lowest BCUT2D eigenvalue weighted by Gasteiger charge is -2.19. The van der Waals surface area contributed by atoms with Crippen molar-refractivity contribution in [2.24, 2.45) is 0 Å². The first-order valence-corrected chi connectivity index (χ1v) is 9.29. The Morgan fingerprint density at radius 1 is 1.08 bits per heavy atom. The number of anilines is 1. The summed E-state index contributed by atoms with van der Waals surface area (Å²) in [6.07, 6.45) is 2.27. The van der Waals surface area contributed by atoms with E-state index < -0.39 is 0 Å². The normalized spacial score (nSPS) is 10.3. The number of benzene rings is 1. The molecule has 2 rings (SSSR count). The minimum absolute atomic E-state index is 0.338. The molecule has 1 heterocycles. The molecule has 0 aliphatic carbocycles. The Bertz CT molecular complexity index is 700. The monoisotopic (exact) mass is 409 g/mol. The van der Waals surface area contributed by atoms with Gasteiger partial charge in [0.05, 0.1) is 8.66 Å². The third-order valence-electron chi connectivity index (χ3n) is 3.50. The van der Waals surface area contributed by atoms with Gasteiger partial charge in [0.1, 0.15) is 0 Å². The first-order chi connectivity index (χ1) is 11.5. The largest absolute Gasteiger partial charge is 0.375 e. The van der Waals surface area contributed by atoms with Crippen molar-refractivity contribution in [1.82, 2.24) is 10.9 Å². The molecule has 0 bridgehead atoms. The summed E-state index contributed by atoms with van der Waals surface area (Å²) in [6.45, 7) is 3.14. The number of nitrogens with zero attached hydrogens (tertiary/aromatic N) is 1. The van der Waals surface area contributed by atoms with Crippen LogP contribution in [0.3, 0.4) is 0 Å². The minimum atomic E-state index is -0.346. The van der Waals surface area contributed by atoms with Crippen LogP contribution in [0, 0.1) is 0 Å². The Labute approximate surface area is 154 Å². The van der Waals surface area contributed by atoms with Gasteiger partial charge in [-0.2, -0.15) is 0 Å². The molecule has 0 aliphatic heterocycles. The molecule has 5 nitrogen and oxygen atoms in total. The van der Waals surface area contributed by atoms with E-state index in [0.29, 0.717) is 10.4 Å². The van der Waals surface area contributed by atoms with Crippen LogP contribution in [0.25, 0.3) is 0 Å². The highest BCUT2D eigenvalue weighted by Gasteiger charge is 2.11. The molecule has 2 N–H and O–H groups in total. The molecule has 0 radical (unpaired) electrons. The highest BCUT2D eigenvalue weighted by Crippen LogP contribution is 2.21. The van der Waals surface area contributed by atoms with Crippen LogP contribution >= 0.6 is 27.3 Å². The summed E-state index contributed by atoms with van der Waals surface area (Å²) in [5.41, 5.74) is 6.40. The number of halogens is 1. The van der Waals surface area contributed by atoms with E-state index in [9.17, 15) is 9.59 Å². The highest BCUT2D eigenvalue weighted by molar-refractivity contribution is 9.11. The fourth-order valence-electron chi connectivity index (χ4n) is 2.08. The third kappa shape index (κ3) is 5.07. The zero-order valence-corrected chi connectivity index (χ0v) is 16.0. The summed E-state index contributed by atoms with van der Waals surface area (Å²) < 4.78 is 0.863. The lowest BCUT2D eigenvalue weighted by atomic mass is 10.2. The van der Waals surface area contributed by atoms with Crippen molar-refractivity contribution in [3.05, 3.63) is 50.6 Å². The first kappa shape index (κ1) is 18.5. The SMILES string of the molecule is CCCCN(C)c1ccc(C(=O)NNC(=O)c2ccc(Br)s2)cc1. The molecule has 1 aromatic carbocycles. The maximum atomic E-state index is 12.1. The second-order valence-corrected chi connectivity index (χ2v) is 7.80. The summed E-state index contributed by atoms with van der Waals surface area (Å²) in [4.78, 5) is 26.7. The van der Waals surface area contributed by atoms with Crippen LogP contribution in [0.15, 0.2) is 40.2 Å². The zero-order valence-electron chi connectivity index (χ0n) is 13.6. The molecule has 2 aromatic rings. The molecular formula is C17H20BrN3O2S. The molecule has 0 saturated carbocycles. The van der Waals surface area contributed by atoms with E-state index in [2.05, 4.69) is 38.6 Å². The molecule has 2 amide bonds. The lowest BCUT2D eigenvalue weighted by molar-refractivity contribution is 0.0849. The second-order valence-electron chi connectivity index (χ2n) is 5.33. The number of unbranched alkanes of at least 4 members (excludes halogenated alkanes) is 1. The Kier molecular flexibility index (Phi) is 6.81. The number of hydrogen-bond donors (Lipinski definition) is 2. The molecule has 0 spiro atoms. The lowest BCUT2D eigenvalue weighted by Crippen LogP contribution is -2.41. The fraction of sp³-hybridized carbons (Fsp3) is 0.294. The average molecular weight is 410 g/mol. The summed E-state index contributed by atoms with van der Waals surface area (Å²) in [5, 5.41) is 0. The van der Waals surface area contributed by atoms with Gasteiger partial charge in [0.15, 0.2) is 0 Å². The maximum absolute atomic E-state index is 12.1. The van der Waals surface area contributed by atoms with Crippen molar-refractivity contribution >= 4 is 44.8 Å². The first-order valence-electron chi connectivity index (χ1n) is 7.68. The van der Waals surface area contributed by atoms with E-state index in [1.807, 2.05) is 19.2 Å².